The van der Waals surface area contributed by atoms with Crippen molar-refractivity contribution in [1.82, 2.24) is 15.5 Å². The van der Waals surface area contributed by atoms with E-state index in [0.717, 1.165) is 22.3 Å². The van der Waals surface area contributed by atoms with Crippen molar-refractivity contribution in [1.29, 1.82) is 0 Å². The lowest BCUT2D eigenvalue weighted by Gasteiger charge is -2.34. The average Bonchev–Trinajstić information content (AvgIpc) is 3.43. The molecule has 3 heterocycles. The average molecular weight is 648 g/mol. The van der Waals surface area contributed by atoms with Gasteiger partial charge in [-0.05, 0) is 72.7 Å². The molecule has 3 aromatic rings. The molecule has 0 radical (unpaired) electrons. The molecule has 3 aliphatic heterocycles. The van der Waals surface area contributed by atoms with Gasteiger partial charge >= 0.3 is 0 Å². The Labute approximate surface area is 270 Å². The minimum Gasteiger partial charge on any atom is -0.493 e. The number of hydrogen-bond donors (Lipinski definition) is 3. The maximum absolute atomic E-state index is 13.8. The predicted molar refractivity (Wildman–Crippen MR) is 173 cm³/mol. The number of rotatable bonds is 4. The first-order valence-corrected chi connectivity index (χ1v) is 17.7. The second kappa shape index (κ2) is 13.5. The van der Waals surface area contributed by atoms with Crippen molar-refractivity contribution < 1.29 is 32.6 Å². The molecule has 2 amide bonds. The van der Waals surface area contributed by atoms with E-state index in [0.29, 0.717) is 50.1 Å². The Bertz CT molecular complexity index is 1690. The van der Waals surface area contributed by atoms with Crippen LogP contribution >= 0.6 is 0 Å². The Morgan fingerprint density at radius 3 is 2.50 bits per heavy atom. The first-order chi connectivity index (χ1) is 22.0. The Morgan fingerprint density at radius 2 is 1.74 bits per heavy atom. The fraction of sp³-hybridized carbons (Fsp3) is 0.429. The third-order valence-corrected chi connectivity index (χ3v) is 10.4. The molecule has 0 spiro atoms. The molecule has 11 heteroatoms. The number of nitrogens with one attached hydrogen (secondary N) is 2. The van der Waals surface area contributed by atoms with Crippen LogP contribution < -0.4 is 15.4 Å². The van der Waals surface area contributed by atoms with Crippen LogP contribution in [0.25, 0.3) is 11.1 Å². The van der Waals surface area contributed by atoms with Crippen LogP contribution in [0.1, 0.15) is 47.2 Å². The molecule has 2 fully saturated rings. The number of aliphatic hydroxyl groups is 1. The monoisotopic (exact) mass is 647 g/mol. The van der Waals surface area contributed by atoms with Gasteiger partial charge in [-0.15, -0.1) is 0 Å². The van der Waals surface area contributed by atoms with E-state index in [1.807, 2.05) is 31.2 Å². The van der Waals surface area contributed by atoms with Crippen LogP contribution in [0.3, 0.4) is 0 Å². The number of ether oxygens (including phenoxy) is 2. The Kier molecular flexibility index (Phi) is 9.47. The van der Waals surface area contributed by atoms with Gasteiger partial charge in [0.05, 0.1) is 35.3 Å². The smallest absolute Gasteiger partial charge is 0.255 e. The van der Waals surface area contributed by atoms with Crippen molar-refractivity contribution in [2.24, 2.45) is 0 Å². The molecule has 3 aromatic carbocycles. The summed E-state index contributed by atoms with van der Waals surface area (Å²) in [5.41, 5.74) is 4.18. The van der Waals surface area contributed by atoms with Crippen molar-refractivity contribution >= 4 is 21.7 Å². The quantitative estimate of drug-likeness (QED) is 0.393. The summed E-state index contributed by atoms with van der Waals surface area (Å²) in [6.45, 7) is 3.58. The normalized spacial score (nSPS) is 26.0. The van der Waals surface area contributed by atoms with Gasteiger partial charge in [0, 0.05) is 38.4 Å². The van der Waals surface area contributed by atoms with Crippen molar-refractivity contribution in [2.45, 2.75) is 74.4 Å². The third kappa shape index (κ3) is 7.28. The van der Waals surface area contributed by atoms with Crippen molar-refractivity contribution in [3.8, 4) is 16.9 Å². The van der Waals surface area contributed by atoms with Gasteiger partial charge in [0.25, 0.3) is 5.91 Å². The van der Waals surface area contributed by atoms with Crippen molar-refractivity contribution in [3.63, 3.8) is 0 Å². The summed E-state index contributed by atoms with van der Waals surface area (Å²) >= 11 is 0. The van der Waals surface area contributed by atoms with Crippen LogP contribution in [-0.2, 0) is 25.9 Å². The number of aryl methyl sites for hydroxylation is 1. The van der Waals surface area contributed by atoms with E-state index >= 15 is 0 Å². The lowest BCUT2D eigenvalue weighted by Crippen LogP contribution is -2.50. The summed E-state index contributed by atoms with van der Waals surface area (Å²) in [5.74, 6) is -0.0311. The van der Waals surface area contributed by atoms with Gasteiger partial charge in [-0.25, -0.2) is 8.42 Å². The minimum absolute atomic E-state index is 0.148. The Balaban J connectivity index is 1.30. The number of carbonyl (C=O) groups excluding carboxylic acids is 2. The van der Waals surface area contributed by atoms with Crippen LogP contribution in [0.15, 0.2) is 71.6 Å². The fourth-order valence-corrected chi connectivity index (χ4v) is 7.22. The number of benzene rings is 3. The van der Waals surface area contributed by atoms with Crippen LogP contribution in [0.4, 0.5) is 0 Å². The molecule has 46 heavy (non-hydrogen) atoms. The standard InChI is InChI=1S/C35H41N3O7S/c1-22-5-3-4-6-25(22)20-38-21-26-18-30(38)35(41)36-19-33-31(39)14-10-27(45-33)15-16-44-32-17-24(9-13-29(32)34(40)37-26)23-7-11-28(12-8-23)46(2,42)43/h3-9,11-13,17,26-27,30-31,33,39H,10,14-16,18-21H2,1-2H3,(H,36,41)(H,37,40)/t26-,27-,30-,31-,33+/m0/s1. The lowest BCUT2D eigenvalue weighted by atomic mass is 9.99. The van der Waals surface area contributed by atoms with E-state index in [1.165, 1.54) is 6.26 Å². The number of nitrogens with zero attached hydrogens (tertiary/aromatic N) is 1. The van der Waals surface area contributed by atoms with Gasteiger partial charge in [-0.3, -0.25) is 14.5 Å². The highest BCUT2D eigenvalue weighted by molar-refractivity contribution is 7.90. The molecule has 4 bridgehead atoms. The summed E-state index contributed by atoms with van der Waals surface area (Å²) in [4.78, 5) is 29.7. The molecule has 0 unspecified atom stereocenters. The molecule has 10 nitrogen and oxygen atoms in total. The van der Waals surface area contributed by atoms with Gasteiger partial charge in [0.15, 0.2) is 9.84 Å². The Hall–Kier alpha value is -3.77. The molecular formula is C35H41N3O7S. The van der Waals surface area contributed by atoms with Gasteiger partial charge in [0.2, 0.25) is 5.91 Å². The lowest BCUT2D eigenvalue weighted by molar-refractivity contribution is -0.133. The third-order valence-electron chi connectivity index (χ3n) is 9.27. The number of likely N-dealkylation sites (tertiary alicyclic amines) is 1. The van der Waals surface area contributed by atoms with Gasteiger partial charge < -0.3 is 25.2 Å². The highest BCUT2D eigenvalue weighted by atomic mass is 32.2. The molecule has 2 saturated heterocycles. The van der Waals surface area contributed by atoms with Gasteiger partial charge in [-0.1, -0.05) is 42.5 Å². The number of fused-ring (bicyclic) bond motifs is 5. The second-order valence-corrected chi connectivity index (χ2v) is 14.6. The molecule has 0 saturated carbocycles. The van der Waals surface area contributed by atoms with Crippen molar-refractivity contribution in [3.05, 3.63) is 83.4 Å². The fourth-order valence-electron chi connectivity index (χ4n) is 6.59. The number of hydrogen-bond acceptors (Lipinski definition) is 8. The van der Waals surface area contributed by atoms with E-state index < -0.39 is 28.1 Å². The highest BCUT2D eigenvalue weighted by Gasteiger charge is 2.39. The van der Waals surface area contributed by atoms with E-state index in [2.05, 4.69) is 21.6 Å². The number of carbonyl (C=O) groups is 2. The Morgan fingerprint density at radius 1 is 0.978 bits per heavy atom. The zero-order valence-corrected chi connectivity index (χ0v) is 27.0. The van der Waals surface area contributed by atoms with Crippen LogP contribution in [0, 0.1) is 6.92 Å². The molecule has 3 aliphatic rings. The molecule has 5 atom stereocenters. The highest BCUT2D eigenvalue weighted by Crippen LogP contribution is 2.31. The van der Waals surface area contributed by atoms with Crippen LogP contribution in [-0.4, -0.2) is 86.6 Å². The molecule has 244 valence electrons. The topological polar surface area (TPSA) is 134 Å². The summed E-state index contributed by atoms with van der Waals surface area (Å²) in [7, 11) is -3.33. The predicted octanol–water partition coefficient (Wildman–Crippen LogP) is 3.25. The van der Waals surface area contributed by atoms with Crippen LogP contribution in [0.5, 0.6) is 5.75 Å². The minimum atomic E-state index is -3.33. The zero-order valence-electron chi connectivity index (χ0n) is 26.1. The zero-order chi connectivity index (χ0) is 32.4. The summed E-state index contributed by atoms with van der Waals surface area (Å²) in [6, 6.07) is 19.3. The summed E-state index contributed by atoms with van der Waals surface area (Å²) in [6.07, 6.45) is 1.99. The molecule has 0 aromatic heterocycles. The maximum Gasteiger partial charge on any atom is 0.255 e. The van der Waals surface area contributed by atoms with Gasteiger partial charge in [-0.2, -0.15) is 0 Å². The van der Waals surface area contributed by atoms with E-state index in [9.17, 15) is 23.1 Å². The van der Waals surface area contributed by atoms with E-state index in [4.69, 9.17) is 9.47 Å². The summed E-state index contributed by atoms with van der Waals surface area (Å²) in [5, 5.41) is 16.8. The van der Waals surface area contributed by atoms with Gasteiger partial charge in [0.1, 0.15) is 11.9 Å². The number of amides is 2. The first-order valence-electron chi connectivity index (χ1n) is 15.8. The largest absolute Gasteiger partial charge is 0.493 e. The number of sulfone groups is 1. The van der Waals surface area contributed by atoms with Crippen molar-refractivity contribution in [2.75, 3.05) is 26.0 Å². The maximum atomic E-state index is 13.8. The van der Waals surface area contributed by atoms with Crippen LogP contribution in [0.2, 0.25) is 0 Å². The molecule has 3 N–H and O–H groups in total. The van der Waals surface area contributed by atoms with E-state index in [1.54, 1.807) is 36.4 Å². The second-order valence-electron chi connectivity index (χ2n) is 12.6. The molecule has 6 rings (SSSR count). The first kappa shape index (κ1) is 32.2. The number of aliphatic hydroxyl groups excluding tert-OH is 1. The summed E-state index contributed by atoms with van der Waals surface area (Å²) < 4.78 is 36.4. The molecular weight excluding hydrogens is 606 g/mol. The van der Waals surface area contributed by atoms with E-state index in [-0.39, 0.29) is 42.0 Å². The molecule has 0 aliphatic carbocycles. The SMILES string of the molecule is Cc1ccccc1CN1C[C@@H]2C[C@H]1C(=O)NC[C@H]1O[C@H](CCOc3cc(-c4ccc(S(C)(=O)=O)cc4)ccc3C(=O)N2)CC[C@@H]1O.